The fourth-order valence-electron chi connectivity index (χ4n) is 1.90. The van der Waals surface area contributed by atoms with Gasteiger partial charge in [-0.15, -0.1) is 0 Å². The van der Waals surface area contributed by atoms with Crippen LogP contribution in [0.3, 0.4) is 0 Å². The van der Waals surface area contributed by atoms with Crippen LogP contribution in [0.25, 0.3) is 5.57 Å². The van der Waals surface area contributed by atoms with Crippen LogP contribution in [0, 0.1) is 0 Å². The smallest absolute Gasteiger partial charge is 0.00942 e. The molecule has 1 aliphatic carbocycles. The van der Waals surface area contributed by atoms with Crippen LogP contribution < -0.4 is 0 Å². The van der Waals surface area contributed by atoms with E-state index in [1.807, 2.05) is 13.8 Å². The first-order valence-corrected chi connectivity index (χ1v) is 6.45. The van der Waals surface area contributed by atoms with E-state index in [-0.39, 0.29) is 0 Å². The lowest BCUT2D eigenvalue weighted by Gasteiger charge is -2.10. The molecule has 1 aromatic carbocycles. The summed E-state index contributed by atoms with van der Waals surface area (Å²) in [5.41, 5.74) is 3.97. The van der Waals surface area contributed by atoms with Crippen molar-refractivity contribution >= 4 is 5.57 Å². The average molecular weight is 226 g/mol. The molecule has 0 heterocycles. The van der Waals surface area contributed by atoms with Crippen LogP contribution in [-0.4, -0.2) is 0 Å². The van der Waals surface area contributed by atoms with Crippen molar-refractivity contribution in [2.75, 3.05) is 0 Å². The van der Waals surface area contributed by atoms with Crippen molar-refractivity contribution in [3.05, 3.63) is 66.3 Å². The van der Waals surface area contributed by atoms with Gasteiger partial charge in [0.2, 0.25) is 0 Å². The van der Waals surface area contributed by atoms with Crippen LogP contribution in [0.4, 0.5) is 0 Å². The molecule has 0 unspecified atom stereocenters. The zero-order valence-corrected chi connectivity index (χ0v) is 10.9. The number of allylic oxidation sites excluding steroid dienone is 5. The summed E-state index contributed by atoms with van der Waals surface area (Å²) in [6.45, 7) is 8.15. The van der Waals surface area contributed by atoms with E-state index in [1.54, 1.807) is 0 Å². The minimum Gasteiger partial charge on any atom is -0.0949 e. The zero-order valence-electron chi connectivity index (χ0n) is 10.9. The third-order valence-corrected chi connectivity index (χ3v) is 2.73. The summed E-state index contributed by atoms with van der Waals surface area (Å²) in [5, 5.41) is 0. The molecule has 90 valence electrons. The molecule has 1 aliphatic rings. The number of hydrogen-bond acceptors (Lipinski definition) is 0. The maximum Gasteiger partial charge on any atom is -0.00942 e. The van der Waals surface area contributed by atoms with Gasteiger partial charge in [-0.3, -0.25) is 0 Å². The van der Waals surface area contributed by atoms with Crippen molar-refractivity contribution in [3.63, 3.8) is 0 Å². The van der Waals surface area contributed by atoms with E-state index in [0.717, 1.165) is 19.3 Å². The Balaban J connectivity index is 0.000000686. The van der Waals surface area contributed by atoms with E-state index in [0.29, 0.717) is 0 Å². The molecule has 0 heteroatoms. The van der Waals surface area contributed by atoms with Crippen molar-refractivity contribution in [1.29, 1.82) is 0 Å². The number of aryl methyl sites for hydroxylation is 1. The molecule has 0 atom stereocenters. The maximum absolute atomic E-state index is 4.15. The molecule has 0 N–H and O–H groups in total. The number of benzene rings is 1. The molecule has 0 amide bonds. The van der Waals surface area contributed by atoms with E-state index in [4.69, 9.17) is 0 Å². The predicted molar refractivity (Wildman–Crippen MR) is 78.0 cm³/mol. The summed E-state index contributed by atoms with van der Waals surface area (Å²) in [5.74, 6) is 0. The molecule has 2 rings (SSSR count). The van der Waals surface area contributed by atoms with Crippen molar-refractivity contribution in [2.45, 2.75) is 33.1 Å². The normalized spacial score (nSPS) is 18.4. The quantitative estimate of drug-likeness (QED) is 0.572. The molecule has 0 fully saturated rings. The minimum absolute atomic E-state index is 0.946. The fourth-order valence-corrected chi connectivity index (χ4v) is 1.90. The maximum atomic E-state index is 4.15. The average Bonchev–Trinajstić information content (AvgIpc) is 2.40. The highest BCUT2D eigenvalue weighted by molar-refractivity contribution is 5.67. The summed E-state index contributed by atoms with van der Waals surface area (Å²) >= 11 is 0. The predicted octanol–water partition coefficient (Wildman–Crippen LogP) is 5.17. The van der Waals surface area contributed by atoms with Gasteiger partial charge in [0.1, 0.15) is 0 Å². The van der Waals surface area contributed by atoms with Gasteiger partial charge in [-0.25, -0.2) is 0 Å². The first-order valence-electron chi connectivity index (χ1n) is 6.45. The van der Waals surface area contributed by atoms with Gasteiger partial charge in [-0.2, -0.15) is 0 Å². The Bertz CT molecular complexity index is 408. The molecule has 0 aromatic heterocycles. The van der Waals surface area contributed by atoms with Crippen LogP contribution in [0.15, 0.2) is 55.1 Å². The first kappa shape index (κ1) is 13.5. The highest BCUT2D eigenvalue weighted by Gasteiger charge is 2.03. The van der Waals surface area contributed by atoms with Crippen LogP contribution in [0.2, 0.25) is 0 Å². The molecule has 17 heavy (non-hydrogen) atoms. The molecule has 0 nitrogen and oxygen atoms in total. The van der Waals surface area contributed by atoms with E-state index in [2.05, 4.69) is 55.1 Å². The van der Waals surface area contributed by atoms with E-state index in [1.165, 1.54) is 16.7 Å². The van der Waals surface area contributed by atoms with Crippen LogP contribution in [0.5, 0.6) is 0 Å². The Morgan fingerprint density at radius 3 is 2.53 bits per heavy atom. The third-order valence-electron chi connectivity index (χ3n) is 2.73. The molecule has 1 aromatic rings. The summed E-state index contributed by atoms with van der Waals surface area (Å²) in [4.78, 5) is 0. The van der Waals surface area contributed by atoms with Gasteiger partial charge >= 0.3 is 0 Å². The van der Waals surface area contributed by atoms with Crippen LogP contribution in [-0.2, 0) is 6.42 Å². The third kappa shape index (κ3) is 4.07. The Morgan fingerprint density at radius 2 is 1.71 bits per heavy atom. The lowest BCUT2D eigenvalue weighted by molar-refractivity contribution is 0.993. The standard InChI is InChI=1S/C15H16.C2H6/c1-13-9-5-3-2-4-6-10-14-11-7-8-12-15(13)14;1-2/h2-5,7-8,11-12H,1,6,9-10H2;1-2H3/b4-2-,5-3-;. The van der Waals surface area contributed by atoms with Crippen molar-refractivity contribution < 1.29 is 0 Å². The molecule has 0 saturated heterocycles. The second-order valence-corrected chi connectivity index (χ2v) is 3.86. The van der Waals surface area contributed by atoms with Gasteiger partial charge in [-0.1, -0.05) is 69.0 Å². The second-order valence-electron chi connectivity index (χ2n) is 3.86. The minimum atomic E-state index is 0.946. The molecule has 0 aliphatic heterocycles. The Morgan fingerprint density at radius 1 is 1.00 bits per heavy atom. The Labute approximate surface area is 105 Å². The summed E-state index contributed by atoms with van der Waals surface area (Å²) in [6, 6.07) is 8.59. The van der Waals surface area contributed by atoms with E-state index < -0.39 is 0 Å². The van der Waals surface area contributed by atoms with Gasteiger partial charge in [0.25, 0.3) is 0 Å². The molecular formula is C17H22. The molecule has 0 bridgehead atoms. The zero-order chi connectivity index (χ0) is 12.5. The fraction of sp³-hybridized carbons (Fsp3) is 0.294. The van der Waals surface area contributed by atoms with Crippen molar-refractivity contribution in [3.8, 4) is 0 Å². The lowest BCUT2D eigenvalue weighted by Crippen LogP contribution is -1.93. The van der Waals surface area contributed by atoms with Gasteiger partial charge < -0.3 is 0 Å². The van der Waals surface area contributed by atoms with Gasteiger partial charge in [-0.05, 0) is 36.0 Å². The highest BCUT2D eigenvalue weighted by Crippen LogP contribution is 2.22. The number of fused-ring (bicyclic) bond motifs is 1. The highest BCUT2D eigenvalue weighted by atomic mass is 14.1. The van der Waals surface area contributed by atoms with Crippen molar-refractivity contribution in [2.24, 2.45) is 0 Å². The lowest BCUT2D eigenvalue weighted by atomic mass is 9.95. The molecular weight excluding hydrogens is 204 g/mol. The van der Waals surface area contributed by atoms with E-state index >= 15 is 0 Å². The van der Waals surface area contributed by atoms with Gasteiger partial charge in [0.05, 0.1) is 0 Å². The Kier molecular flexibility index (Phi) is 6.09. The molecule has 0 spiro atoms. The number of rotatable bonds is 0. The van der Waals surface area contributed by atoms with Crippen LogP contribution >= 0.6 is 0 Å². The van der Waals surface area contributed by atoms with Gasteiger partial charge in [0.15, 0.2) is 0 Å². The summed E-state index contributed by atoms with van der Waals surface area (Å²) in [7, 11) is 0. The molecule has 0 saturated carbocycles. The SMILES string of the molecule is C=C1C/C=C\C=C/CCc2ccccc21.CC. The second kappa shape index (κ2) is 7.67. The summed E-state index contributed by atoms with van der Waals surface area (Å²) < 4.78 is 0. The topological polar surface area (TPSA) is 0 Å². The van der Waals surface area contributed by atoms with Crippen molar-refractivity contribution in [1.82, 2.24) is 0 Å². The first-order chi connectivity index (χ1) is 8.38. The van der Waals surface area contributed by atoms with Crippen LogP contribution in [0.1, 0.15) is 37.8 Å². The van der Waals surface area contributed by atoms with Gasteiger partial charge in [0, 0.05) is 0 Å². The largest absolute Gasteiger partial charge is 0.0949 e. The number of hydrogen-bond donors (Lipinski definition) is 0. The monoisotopic (exact) mass is 226 g/mol. The summed E-state index contributed by atoms with van der Waals surface area (Å²) in [6.07, 6.45) is 11.8. The molecule has 0 radical (unpaired) electrons. The Hall–Kier alpha value is -1.56. The van der Waals surface area contributed by atoms with E-state index in [9.17, 15) is 0 Å².